The number of fused-ring (bicyclic) bond motifs is 1. The molecule has 0 aliphatic carbocycles. The first-order valence-corrected chi connectivity index (χ1v) is 10.9. The number of hydrogen-bond acceptors (Lipinski definition) is 4. The fraction of sp³-hybridized carbons (Fsp3) is 0.682. The molecule has 6 nitrogen and oxygen atoms in total. The average molecular weight is 513 g/mol. The van der Waals surface area contributed by atoms with Gasteiger partial charge in [0.1, 0.15) is 0 Å². The van der Waals surface area contributed by atoms with Gasteiger partial charge in [-0.2, -0.15) is 0 Å². The van der Waals surface area contributed by atoms with Crippen LogP contribution >= 0.6 is 24.0 Å². The molecule has 3 aliphatic heterocycles. The highest BCUT2D eigenvalue weighted by atomic mass is 127. The van der Waals surface area contributed by atoms with Gasteiger partial charge in [-0.15, -0.1) is 24.0 Å². The number of ether oxygens (including phenoxy) is 1. The number of morpholine rings is 1. The molecule has 0 aromatic heterocycles. The number of halogens is 1. The molecule has 0 bridgehead atoms. The lowest BCUT2D eigenvalue weighted by Gasteiger charge is -2.35. The SMILES string of the molecule is CN=C(NCC1CN2CCCC2CO1)NCC1CCCN1Cc1ccccc1.I. The van der Waals surface area contributed by atoms with Crippen LogP contribution in [0.5, 0.6) is 0 Å². The Kier molecular flexibility index (Phi) is 9.02. The van der Waals surface area contributed by atoms with Gasteiger partial charge in [-0.1, -0.05) is 30.3 Å². The summed E-state index contributed by atoms with van der Waals surface area (Å²) in [6, 6.07) is 12.0. The van der Waals surface area contributed by atoms with Crippen LogP contribution in [0.1, 0.15) is 31.2 Å². The molecule has 3 saturated heterocycles. The van der Waals surface area contributed by atoms with E-state index in [1.807, 2.05) is 7.05 Å². The van der Waals surface area contributed by atoms with Crippen LogP contribution in [0, 0.1) is 0 Å². The third kappa shape index (κ3) is 6.29. The van der Waals surface area contributed by atoms with Gasteiger partial charge >= 0.3 is 0 Å². The van der Waals surface area contributed by atoms with Gasteiger partial charge in [0.15, 0.2) is 5.96 Å². The third-order valence-electron chi connectivity index (χ3n) is 6.42. The van der Waals surface area contributed by atoms with Crippen molar-refractivity contribution in [2.24, 2.45) is 4.99 Å². The first-order chi connectivity index (χ1) is 13.8. The number of likely N-dealkylation sites (tertiary alicyclic amines) is 1. The van der Waals surface area contributed by atoms with Gasteiger partial charge < -0.3 is 15.4 Å². The van der Waals surface area contributed by atoms with Crippen LogP contribution in [-0.4, -0.2) is 80.3 Å². The Morgan fingerprint density at radius 2 is 1.90 bits per heavy atom. The Morgan fingerprint density at radius 3 is 2.72 bits per heavy atom. The highest BCUT2D eigenvalue weighted by Crippen LogP contribution is 2.22. The van der Waals surface area contributed by atoms with E-state index >= 15 is 0 Å². The van der Waals surface area contributed by atoms with Crippen molar-refractivity contribution in [2.75, 3.05) is 46.4 Å². The van der Waals surface area contributed by atoms with Crippen molar-refractivity contribution in [3.8, 4) is 0 Å². The van der Waals surface area contributed by atoms with Gasteiger partial charge in [0, 0.05) is 45.3 Å². The maximum absolute atomic E-state index is 6.05. The van der Waals surface area contributed by atoms with Crippen LogP contribution in [0.15, 0.2) is 35.3 Å². The summed E-state index contributed by atoms with van der Waals surface area (Å²) in [5, 5.41) is 7.02. The highest BCUT2D eigenvalue weighted by Gasteiger charge is 2.32. The van der Waals surface area contributed by atoms with E-state index in [2.05, 4.69) is 55.8 Å². The molecule has 2 N–H and O–H groups in total. The third-order valence-corrected chi connectivity index (χ3v) is 6.42. The maximum atomic E-state index is 6.05. The Labute approximate surface area is 192 Å². The average Bonchev–Trinajstić information content (AvgIpc) is 3.38. The zero-order chi connectivity index (χ0) is 19.2. The fourth-order valence-electron chi connectivity index (χ4n) is 4.81. The van der Waals surface area contributed by atoms with E-state index in [0.717, 1.165) is 38.7 Å². The number of benzene rings is 1. The summed E-state index contributed by atoms with van der Waals surface area (Å²) >= 11 is 0. The van der Waals surface area contributed by atoms with Crippen molar-refractivity contribution in [3.63, 3.8) is 0 Å². The molecule has 4 rings (SSSR count). The van der Waals surface area contributed by atoms with Gasteiger partial charge in [0.2, 0.25) is 0 Å². The molecule has 0 amide bonds. The van der Waals surface area contributed by atoms with Crippen LogP contribution in [0.2, 0.25) is 0 Å². The first kappa shape index (κ1) is 22.8. The molecule has 3 fully saturated rings. The van der Waals surface area contributed by atoms with Crippen LogP contribution < -0.4 is 10.6 Å². The van der Waals surface area contributed by atoms with Gasteiger partial charge in [0.05, 0.1) is 12.7 Å². The van der Waals surface area contributed by atoms with Crippen molar-refractivity contribution >= 4 is 29.9 Å². The molecule has 7 heteroatoms. The molecule has 3 heterocycles. The Bertz CT molecular complexity index is 643. The summed E-state index contributed by atoms with van der Waals surface area (Å²) in [4.78, 5) is 9.60. The van der Waals surface area contributed by atoms with Crippen LogP contribution in [0.25, 0.3) is 0 Å². The molecule has 0 spiro atoms. The second-order valence-electron chi connectivity index (χ2n) is 8.33. The number of guanidine groups is 1. The minimum atomic E-state index is 0. The van der Waals surface area contributed by atoms with Gasteiger partial charge in [-0.25, -0.2) is 0 Å². The van der Waals surface area contributed by atoms with Gasteiger partial charge in [-0.3, -0.25) is 14.8 Å². The molecule has 1 aromatic rings. The van der Waals surface area contributed by atoms with E-state index in [1.165, 1.54) is 44.3 Å². The number of nitrogens with zero attached hydrogens (tertiary/aromatic N) is 3. The summed E-state index contributed by atoms with van der Waals surface area (Å²) in [6.07, 6.45) is 5.40. The smallest absolute Gasteiger partial charge is 0.191 e. The zero-order valence-electron chi connectivity index (χ0n) is 17.6. The zero-order valence-corrected chi connectivity index (χ0v) is 19.9. The maximum Gasteiger partial charge on any atom is 0.191 e. The molecular weight excluding hydrogens is 477 g/mol. The predicted octanol–water partition coefficient (Wildman–Crippen LogP) is 2.30. The minimum Gasteiger partial charge on any atom is -0.373 e. The lowest BCUT2D eigenvalue weighted by molar-refractivity contribution is -0.0453. The monoisotopic (exact) mass is 513 g/mol. The molecule has 0 saturated carbocycles. The predicted molar refractivity (Wildman–Crippen MR) is 129 cm³/mol. The standard InChI is InChI=1S/C22H35N5O.HI/c1-23-22(25-14-21-16-27-12-6-10-20(27)17-28-21)24-13-19-9-5-11-26(19)15-18-7-3-2-4-8-18;/h2-4,7-8,19-21H,5-6,9-17H2,1H3,(H2,23,24,25);1H. The topological polar surface area (TPSA) is 52.1 Å². The van der Waals surface area contributed by atoms with Crippen LogP contribution in [0.4, 0.5) is 0 Å². The van der Waals surface area contributed by atoms with Crippen LogP contribution in [0.3, 0.4) is 0 Å². The highest BCUT2D eigenvalue weighted by molar-refractivity contribution is 14.0. The number of aliphatic imine (C=N–C) groups is 1. The van der Waals surface area contributed by atoms with Crippen molar-refractivity contribution in [3.05, 3.63) is 35.9 Å². The summed E-state index contributed by atoms with van der Waals surface area (Å²) in [6.45, 7) is 7.13. The van der Waals surface area contributed by atoms with E-state index < -0.39 is 0 Å². The first-order valence-electron chi connectivity index (χ1n) is 10.9. The Morgan fingerprint density at radius 1 is 1.10 bits per heavy atom. The molecular formula is C22H36IN5O. The molecule has 0 radical (unpaired) electrons. The molecule has 3 unspecified atom stereocenters. The molecule has 3 atom stereocenters. The molecule has 29 heavy (non-hydrogen) atoms. The Balaban J connectivity index is 0.00000240. The van der Waals surface area contributed by atoms with Crippen LogP contribution in [-0.2, 0) is 11.3 Å². The summed E-state index contributed by atoms with van der Waals surface area (Å²) < 4.78 is 6.05. The molecule has 162 valence electrons. The second kappa shape index (κ2) is 11.5. The number of rotatable bonds is 6. The summed E-state index contributed by atoms with van der Waals surface area (Å²) in [5.74, 6) is 0.888. The number of nitrogens with one attached hydrogen (secondary N) is 2. The van der Waals surface area contributed by atoms with E-state index in [1.54, 1.807) is 0 Å². The normalized spacial score (nSPS) is 28.0. The quantitative estimate of drug-likeness (QED) is 0.348. The summed E-state index contributed by atoms with van der Waals surface area (Å²) in [5.41, 5.74) is 1.39. The van der Waals surface area contributed by atoms with Crippen molar-refractivity contribution < 1.29 is 4.74 Å². The Hall–Kier alpha value is -0.900. The second-order valence-corrected chi connectivity index (χ2v) is 8.33. The van der Waals surface area contributed by atoms with E-state index in [4.69, 9.17) is 4.74 Å². The van der Waals surface area contributed by atoms with E-state index in [0.29, 0.717) is 12.1 Å². The summed E-state index contributed by atoms with van der Waals surface area (Å²) in [7, 11) is 1.85. The van der Waals surface area contributed by atoms with Crippen molar-refractivity contribution in [1.82, 2.24) is 20.4 Å². The van der Waals surface area contributed by atoms with Crippen molar-refractivity contribution in [1.29, 1.82) is 0 Å². The molecule has 3 aliphatic rings. The van der Waals surface area contributed by atoms with Gasteiger partial charge in [0.25, 0.3) is 0 Å². The molecule has 1 aromatic carbocycles. The van der Waals surface area contributed by atoms with E-state index in [9.17, 15) is 0 Å². The van der Waals surface area contributed by atoms with Crippen molar-refractivity contribution in [2.45, 2.75) is 50.4 Å². The lowest BCUT2D eigenvalue weighted by atomic mass is 10.2. The fourth-order valence-corrected chi connectivity index (χ4v) is 4.81. The van der Waals surface area contributed by atoms with E-state index in [-0.39, 0.29) is 30.1 Å². The minimum absolute atomic E-state index is 0. The largest absolute Gasteiger partial charge is 0.373 e. The van der Waals surface area contributed by atoms with Gasteiger partial charge in [-0.05, 0) is 44.3 Å². The lowest BCUT2D eigenvalue weighted by Crippen LogP contribution is -2.52. The number of hydrogen-bond donors (Lipinski definition) is 2.